The van der Waals surface area contributed by atoms with Crippen LogP contribution in [0.3, 0.4) is 0 Å². The molecule has 0 saturated carbocycles. The minimum absolute atomic E-state index is 0.457. The first-order valence-electron chi connectivity index (χ1n) is 5.25. The lowest BCUT2D eigenvalue weighted by molar-refractivity contribution is 0.0635. The highest BCUT2D eigenvalue weighted by Gasteiger charge is 2.17. The van der Waals surface area contributed by atoms with Crippen molar-refractivity contribution in [3.63, 3.8) is 0 Å². The lowest BCUT2D eigenvalue weighted by Gasteiger charge is -2.19. The van der Waals surface area contributed by atoms with E-state index in [2.05, 4.69) is 16.2 Å². The summed E-state index contributed by atoms with van der Waals surface area (Å²) in [6, 6.07) is 1.78. The predicted octanol–water partition coefficient (Wildman–Crippen LogP) is 2.72. The van der Waals surface area contributed by atoms with Crippen molar-refractivity contribution in [3.05, 3.63) is 23.4 Å². The van der Waals surface area contributed by atoms with Crippen molar-refractivity contribution in [2.45, 2.75) is 33.3 Å². The molecule has 0 fully saturated rings. The van der Waals surface area contributed by atoms with Crippen LogP contribution >= 0.6 is 0 Å². The topological polar surface area (TPSA) is 51.2 Å². The molecular weight excluding hydrogens is 216 g/mol. The molecule has 4 heteroatoms. The van der Waals surface area contributed by atoms with E-state index >= 15 is 0 Å². The van der Waals surface area contributed by atoms with Crippen LogP contribution in [-0.4, -0.2) is 16.7 Å². The van der Waals surface area contributed by atoms with Crippen LogP contribution < -0.4 is 5.32 Å². The van der Waals surface area contributed by atoms with E-state index in [1.54, 1.807) is 26.8 Å². The quantitative estimate of drug-likeness (QED) is 0.757. The molecule has 0 aromatic carbocycles. The summed E-state index contributed by atoms with van der Waals surface area (Å²) < 4.78 is 5.12. The summed E-state index contributed by atoms with van der Waals surface area (Å²) in [5.41, 5.74) is 0.944. The molecule has 0 aliphatic heterocycles. The van der Waals surface area contributed by atoms with E-state index in [4.69, 9.17) is 11.2 Å². The normalized spacial score (nSPS) is 10.5. The van der Waals surface area contributed by atoms with Gasteiger partial charge in [0.05, 0.1) is 0 Å². The van der Waals surface area contributed by atoms with Crippen molar-refractivity contribution in [1.82, 2.24) is 4.98 Å². The predicted molar refractivity (Wildman–Crippen MR) is 66.8 cm³/mol. The first-order valence-corrected chi connectivity index (χ1v) is 5.25. The molecule has 1 aromatic heterocycles. The van der Waals surface area contributed by atoms with E-state index in [0.717, 1.165) is 5.56 Å². The molecule has 90 valence electrons. The van der Waals surface area contributed by atoms with Gasteiger partial charge in [0, 0.05) is 11.8 Å². The number of amides is 1. The maximum Gasteiger partial charge on any atom is 0.413 e. The maximum atomic E-state index is 11.5. The largest absolute Gasteiger partial charge is 0.444 e. The molecule has 1 aromatic rings. The van der Waals surface area contributed by atoms with E-state index < -0.39 is 11.7 Å². The second-order valence-electron chi connectivity index (χ2n) is 4.66. The molecule has 0 aliphatic carbocycles. The Labute approximate surface area is 101 Å². The second-order valence-corrected chi connectivity index (χ2v) is 4.66. The lowest BCUT2D eigenvalue weighted by atomic mass is 10.2. The summed E-state index contributed by atoms with van der Waals surface area (Å²) in [6.07, 6.45) is 6.25. The highest BCUT2D eigenvalue weighted by molar-refractivity contribution is 5.84. The number of carbonyl (C=O) groups excluding carboxylic acids is 1. The maximum absolute atomic E-state index is 11.5. The van der Waals surface area contributed by atoms with Gasteiger partial charge < -0.3 is 4.74 Å². The van der Waals surface area contributed by atoms with Crippen molar-refractivity contribution in [2.75, 3.05) is 5.32 Å². The Hall–Kier alpha value is -2.02. The highest BCUT2D eigenvalue weighted by atomic mass is 16.6. The summed E-state index contributed by atoms with van der Waals surface area (Å²) in [5.74, 6) is 2.94. The summed E-state index contributed by atoms with van der Waals surface area (Å²) in [6.45, 7) is 7.22. The number of aryl methyl sites for hydroxylation is 1. The first kappa shape index (κ1) is 13.0. The zero-order valence-electron chi connectivity index (χ0n) is 10.5. The van der Waals surface area contributed by atoms with Crippen molar-refractivity contribution in [3.8, 4) is 12.3 Å². The molecular formula is C13H16N2O2. The number of rotatable bonds is 1. The van der Waals surface area contributed by atoms with E-state index in [1.165, 1.54) is 6.20 Å². The van der Waals surface area contributed by atoms with Gasteiger partial charge in [-0.1, -0.05) is 5.92 Å². The Morgan fingerprint density at radius 1 is 1.53 bits per heavy atom. The zero-order chi connectivity index (χ0) is 13.1. The van der Waals surface area contributed by atoms with Gasteiger partial charge in [0.1, 0.15) is 11.4 Å². The number of hydrogen-bond donors (Lipinski definition) is 1. The van der Waals surface area contributed by atoms with Gasteiger partial charge in [0.25, 0.3) is 0 Å². The van der Waals surface area contributed by atoms with Gasteiger partial charge >= 0.3 is 6.09 Å². The van der Waals surface area contributed by atoms with E-state index in [9.17, 15) is 4.79 Å². The number of anilines is 1. The number of nitrogens with one attached hydrogen (secondary N) is 1. The molecule has 0 bridgehead atoms. The molecule has 0 unspecified atom stereocenters. The van der Waals surface area contributed by atoms with Gasteiger partial charge in [-0.25, -0.2) is 9.78 Å². The second kappa shape index (κ2) is 4.88. The standard InChI is InChI=1S/C13H16N2O2/c1-6-10-7-9(2)11(14-8-10)15-12(16)17-13(3,4)5/h1,7-8H,2-5H3,(H,14,15,16). The number of nitrogens with zero attached hydrogens (tertiary/aromatic N) is 1. The Morgan fingerprint density at radius 2 is 2.18 bits per heavy atom. The first-order chi connectivity index (χ1) is 7.81. The fourth-order valence-electron chi connectivity index (χ4n) is 1.18. The number of aromatic nitrogens is 1. The Kier molecular flexibility index (Phi) is 3.74. The third-order valence-corrected chi connectivity index (χ3v) is 1.86. The minimum atomic E-state index is -0.531. The van der Waals surface area contributed by atoms with Crippen molar-refractivity contribution >= 4 is 11.9 Å². The SMILES string of the molecule is C#Cc1cnc(NC(=O)OC(C)(C)C)c(C)c1. The Balaban J connectivity index is 2.76. The molecule has 1 N–H and O–H groups in total. The summed E-state index contributed by atoms with van der Waals surface area (Å²) in [5, 5.41) is 2.58. The van der Waals surface area contributed by atoms with Crippen molar-refractivity contribution < 1.29 is 9.53 Å². The summed E-state index contributed by atoms with van der Waals surface area (Å²) >= 11 is 0. The molecule has 1 rings (SSSR count). The lowest BCUT2D eigenvalue weighted by Crippen LogP contribution is -2.27. The number of carbonyl (C=O) groups is 1. The monoisotopic (exact) mass is 232 g/mol. The minimum Gasteiger partial charge on any atom is -0.444 e. The van der Waals surface area contributed by atoms with Gasteiger partial charge in [-0.15, -0.1) is 6.42 Å². The zero-order valence-corrected chi connectivity index (χ0v) is 10.5. The summed E-state index contributed by atoms with van der Waals surface area (Å²) in [7, 11) is 0. The molecule has 0 atom stereocenters. The van der Waals surface area contributed by atoms with E-state index in [-0.39, 0.29) is 0 Å². The van der Waals surface area contributed by atoms with Gasteiger partial charge in [0.15, 0.2) is 0 Å². The van der Waals surface area contributed by atoms with Gasteiger partial charge in [0.2, 0.25) is 0 Å². The molecule has 17 heavy (non-hydrogen) atoms. The van der Waals surface area contributed by atoms with Crippen LogP contribution in [0, 0.1) is 19.3 Å². The van der Waals surface area contributed by atoms with Crippen LogP contribution in [0.15, 0.2) is 12.3 Å². The molecule has 4 nitrogen and oxygen atoms in total. The van der Waals surface area contributed by atoms with Gasteiger partial charge in [-0.05, 0) is 39.3 Å². The number of terminal acetylenes is 1. The van der Waals surface area contributed by atoms with Crippen LogP contribution in [0.25, 0.3) is 0 Å². The Morgan fingerprint density at radius 3 is 2.65 bits per heavy atom. The molecule has 1 amide bonds. The number of hydrogen-bond acceptors (Lipinski definition) is 3. The molecule has 0 radical (unpaired) electrons. The molecule has 0 spiro atoms. The molecule has 1 heterocycles. The third-order valence-electron chi connectivity index (χ3n) is 1.86. The van der Waals surface area contributed by atoms with Crippen molar-refractivity contribution in [1.29, 1.82) is 0 Å². The smallest absolute Gasteiger partial charge is 0.413 e. The van der Waals surface area contributed by atoms with E-state index in [0.29, 0.717) is 11.4 Å². The van der Waals surface area contributed by atoms with Crippen LogP contribution in [-0.2, 0) is 4.74 Å². The molecule has 0 saturated heterocycles. The third kappa shape index (κ3) is 4.15. The van der Waals surface area contributed by atoms with Crippen molar-refractivity contribution in [2.24, 2.45) is 0 Å². The van der Waals surface area contributed by atoms with Gasteiger partial charge in [-0.2, -0.15) is 0 Å². The Bertz CT molecular complexity index is 467. The van der Waals surface area contributed by atoms with Crippen LogP contribution in [0.4, 0.5) is 10.6 Å². The average molecular weight is 232 g/mol. The van der Waals surface area contributed by atoms with Gasteiger partial charge in [-0.3, -0.25) is 5.32 Å². The fourth-order valence-corrected chi connectivity index (χ4v) is 1.18. The fraction of sp³-hybridized carbons (Fsp3) is 0.385. The average Bonchev–Trinajstić information content (AvgIpc) is 2.18. The van der Waals surface area contributed by atoms with Crippen LogP contribution in [0.1, 0.15) is 31.9 Å². The summed E-state index contributed by atoms with van der Waals surface area (Å²) in [4.78, 5) is 15.6. The highest BCUT2D eigenvalue weighted by Crippen LogP contribution is 2.14. The number of pyridine rings is 1. The van der Waals surface area contributed by atoms with Crippen LogP contribution in [0.2, 0.25) is 0 Å². The van der Waals surface area contributed by atoms with Crippen LogP contribution in [0.5, 0.6) is 0 Å². The number of ether oxygens (including phenoxy) is 1. The molecule has 0 aliphatic rings. The van der Waals surface area contributed by atoms with E-state index in [1.807, 2.05) is 6.92 Å².